The van der Waals surface area contributed by atoms with Crippen molar-refractivity contribution < 1.29 is 4.79 Å². The van der Waals surface area contributed by atoms with E-state index in [0.29, 0.717) is 16.5 Å². The van der Waals surface area contributed by atoms with E-state index in [4.69, 9.17) is 11.6 Å². The van der Waals surface area contributed by atoms with Crippen LogP contribution < -0.4 is 10.6 Å². The molecule has 19 heavy (non-hydrogen) atoms. The van der Waals surface area contributed by atoms with E-state index >= 15 is 0 Å². The fourth-order valence-corrected chi connectivity index (χ4v) is 2.82. The molecule has 1 aromatic rings. The fourth-order valence-electron chi connectivity index (χ4n) is 2.30. The van der Waals surface area contributed by atoms with Crippen LogP contribution in [0.1, 0.15) is 29.6 Å². The van der Waals surface area contributed by atoms with Gasteiger partial charge < -0.3 is 10.6 Å². The van der Waals surface area contributed by atoms with Gasteiger partial charge in [0.15, 0.2) is 0 Å². The van der Waals surface area contributed by atoms with Crippen molar-refractivity contribution in [1.82, 2.24) is 10.6 Å². The smallest absolute Gasteiger partial charge is 0.251 e. The quantitative estimate of drug-likeness (QED) is 0.773. The van der Waals surface area contributed by atoms with Gasteiger partial charge in [-0.15, -0.1) is 0 Å². The summed E-state index contributed by atoms with van der Waals surface area (Å²) in [6, 6.07) is 5.40. The largest absolute Gasteiger partial charge is 0.352 e. The number of hydrogen-bond donors (Lipinski definition) is 2. The molecule has 2 rings (SSSR count). The predicted octanol–water partition coefficient (Wildman–Crippen LogP) is 3.06. The second-order valence-electron chi connectivity index (χ2n) is 4.89. The highest BCUT2D eigenvalue weighted by Crippen LogP contribution is 2.19. The molecule has 0 saturated carbocycles. The fraction of sp³-hybridized carbons (Fsp3) is 0.500. The van der Waals surface area contributed by atoms with E-state index < -0.39 is 0 Å². The first-order valence-electron chi connectivity index (χ1n) is 6.61. The van der Waals surface area contributed by atoms with E-state index in [1.54, 1.807) is 6.07 Å². The summed E-state index contributed by atoms with van der Waals surface area (Å²) in [5.41, 5.74) is 0.632. The number of halogens is 2. The Kier molecular flexibility index (Phi) is 5.91. The Balaban J connectivity index is 1.78. The molecule has 0 aromatic heterocycles. The number of benzene rings is 1. The Morgan fingerprint density at radius 3 is 3.05 bits per heavy atom. The minimum absolute atomic E-state index is 0.0398. The van der Waals surface area contributed by atoms with Gasteiger partial charge in [0, 0.05) is 15.7 Å². The van der Waals surface area contributed by atoms with Crippen LogP contribution in [0.15, 0.2) is 18.2 Å². The van der Waals surface area contributed by atoms with Crippen LogP contribution in [-0.4, -0.2) is 25.5 Å². The Morgan fingerprint density at radius 2 is 2.37 bits per heavy atom. The van der Waals surface area contributed by atoms with Gasteiger partial charge in [0.25, 0.3) is 5.91 Å². The van der Waals surface area contributed by atoms with Gasteiger partial charge in [0.05, 0.1) is 5.02 Å². The Hall–Kier alpha value is -0.330. The number of rotatable bonds is 4. The van der Waals surface area contributed by atoms with E-state index in [-0.39, 0.29) is 5.91 Å². The molecule has 1 unspecified atom stereocenters. The third kappa shape index (κ3) is 4.61. The zero-order valence-corrected chi connectivity index (χ0v) is 13.6. The van der Waals surface area contributed by atoms with Crippen LogP contribution in [0.25, 0.3) is 0 Å². The Labute approximate surface area is 132 Å². The average Bonchev–Trinajstić information content (AvgIpc) is 2.43. The van der Waals surface area contributed by atoms with Crippen molar-refractivity contribution in [3.8, 4) is 0 Å². The minimum Gasteiger partial charge on any atom is -0.352 e. The van der Waals surface area contributed by atoms with E-state index in [2.05, 4.69) is 33.2 Å². The van der Waals surface area contributed by atoms with Crippen LogP contribution in [0.5, 0.6) is 0 Å². The molecule has 1 amide bonds. The van der Waals surface area contributed by atoms with Gasteiger partial charge in [-0.3, -0.25) is 4.79 Å². The first-order valence-corrected chi connectivity index (χ1v) is 8.06. The Bertz CT molecular complexity index is 447. The van der Waals surface area contributed by atoms with Crippen molar-refractivity contribution in [3.05, 3.63) is 32.4 Å². The molecule has 1 heterocycles. The highest BCUT2D eigenvalue weighted by atomic mass is 127. The lowest BCUT2D eigenvalue weighted by molar-refractivity contribution is 0.0950. The lowest BCUT2D eigenvalue weighted by atomic mass is 9.96. The summed E-state index contributed by atoms with van der Waals surface area (Å²) < 4.78 is 0.962. The van der Waals surface area contributed by atoms with Crippen molar-refractivity contribution in [1.29, 1.82) is 0 Å². The monoisotopic (exact) mass is 392 g/mol. The normalized spacial score (nSPS) is 19.2. The molecule has 1 aliphatic heterocycles. The summed E-state index contributed by atoms with van der Waals surface area (Å²) in [4.78, 5) is 12.0. The second-order valence-corrected chi connectivity index (χ2v) is 6.46. The number of piperidine rings is 1. The first-order chi connectivity index (χ1) is 9.16. The van der Waals surface area contributed by atoms with Crippen LogP contribution in [0, 0.1) is 9.49 Å². The van der Waals surface area contributed by atoms with Crippen LogP contribution >= 0.6 is 34.2 Å². The highest BCUT2D eigenvalue weighted by molar-refractivity contribution is 14.1. The topological polar surface area (TPSA) is 41.1 Å². The van der Waals surface area contributed by atoms with Crippen molar-refractivity contribution >= 4 is 40.1 Å². The molecule has 1 saturated heterocycles. The predicted molar refractivity (Wildman–Crippen MR) is 86.7 cm³/mol. The molecule has 1 fully saturated rings. The van der Waals surface area contributed by atoms with Crippen molar-refractivity contribution in [2.75, 3.05) is 19.6 Å². The molecule has 2 N–H and O–H groups in total. The summed E-state index contributed by atoms with van der Waals surface area (Å²) in [6.45, 7) is 2.93. The van der Waals surface area contributed by atoms with Crippen LogP contribution in [-0.2, 0) is 0 Å². The molecule has 1 aromatic carbocycles. The maximum Gasteiger partial charge on any atom is 0.251 e. The minimum atomic E-state index is -0.0398. The van der Waals surface area contributed by atoms with Gasteiger partial charge >= 0.3 is 0 Å². The van der Waals surface area contributed by atoms with Gasteiger partial charge in [-0.25, -0.2) is 0 Å². The molecule has 5 heteroatoms. The maximum absolute atomic E-state index is 12.0. The summed E-state index contributed by atoms with van der Waals surface area (Å²) in [7, 11) is 0. The highest BCUT2D eigenvalue weighted by Gasteiger charge is 2.13. The first kappa shape index (κ1) is 15.1. The van der Waals surface area contributed by atoms with Gasteiger partial charge in [0.1, 0.15) is 0 Å². The standard InChI is InChI=1S/C14H18ClIN2O/c15-12-8-11(3-4-13(12)16)14(19)18-7-5-10-2-1-6-17-9-10/h3-4,8,10,17H,1-2,5-7,9H2,(H,18,19). The zero-order valence-electron chi connectivity index (χ0n) is 10.7. The molecular formula is C14H18ClIN2O. The molecular weight excluding hydrogens is 375 g/mol. The molecule has 0 aliphatic carbocycles. The molecule has 0 spiro atoms. The number of amides is 1. The third-order valence-corrected chi connectivity index (χ3v) is 4.99. The van der Waals surface area contributed by atoms with Crippen LogP contribution in [0.4, 0.5) is 0 Å². The van der Waals surface area contributed by atoms with Gasteiger partial charge in [-0.2, -0.15) is 0 Å². The molecule has 0 radical (unpaired) electrons. The molecule has 1 atom stereocenters. The van der Waals surface area contributed by atoms with E-state index in [0.717, 1.165) is 29.6 Å². The van der Waals surface area contributed by atoms with E-state index in [1.165, 1.54) is 12.8 Å². The summed E-state index contributed by atoms with van der Waals surface area (Å²) >= 11 is 8.17. The SMILES string of the molecule is O=C(NCCC1CCCNC1)c1ccc(I)c(Cl)c1. The lowest BCUT2D eigenvalue weighted by Crippen LogP contribution is -2.33. The molecule has 3 nitrogen and oxygen atoms in total. The van der Waals surface area contributed by atoms with Crippen LogP contribution in [0.3, 0.4) is 0 Å². The molecule has 0 bridgehead atoms. The van der Waals surface area contributed by atoms with Crippen molar-refractivity contribution in [2.24, 2.45) is 5.92 Å². The molecule has 1 aliphatic rings. The number of nitrogens with one attached hydrogen (secondary N) is 2. The summed E-state index contributed by atoms with van der Waals surface area (Å²) in [5.74, 6) is 0.649. The summed E-state index contributed by atoms with van der Waals surface area (Å²) in [6.07, 6.45) is 3.54. The third-order valence-electron chi connectivity index (χ3n) is 3.42. The second kappa shape index (κ2) is 7.45. The maximum atomic E-state index is 12.0. The van der Waals surface area contributed by atoms with E-state index in [9.17, 15) is 4.79 Å². The van der Waals surface area contributed by atoms with Gasteiger partial charge in [0.2, 0.25) is 0 Å². The van der Waals surface area contributed by atoms with Gasteiger partial charge in [-0.1, -0.05) is 11.6 Å². The van der Waals surface area contributed by atoms with Gasteiger partial charge in [-0.05, 0) is 79.1 Å². The summed E-state index contributed by atoms with van der Waals surface area (Å²) in [5, 5.41) is 6.98. The van der Waals surface area contributed by atoms with Crippen LogP contribution in [0.2, 0.25) is 5.02 Å². The molecule has 104 valence electrons. The number of hydrogen-bond acceptors (Lipinski definition) is 2. The zero-order chi connectivity index (χ0) is 13.7. The van der Waals surface area contributed by atoms with E-state index in [1.807, 2.05) is 12.1 Å². The Morgan fingerprint density at radius 1 is 1.53 bits per heavy atom. The lowest BCUT2D eigenvalue weighted by Gasteiger charge is -2.22. The van der Waals surface area contributed by atoms with Crippen molar-refractivity contribution in [3.63, 3.8) is 0 Å². The number of carbonyl (C=O) groups excluding carboxylic acids is 1. The average molecular weight is 393 g/mol. The number of carbonyl (C=O) groups is 1. The van der Waals surface area contributed by atoms with Crippen molar-refractivity contribution in [2.45, 2.75) is 19.3 Å².